The van der Waals surface area contributed by atoms with Crippen molar-refractivity contribution in [1.29, 1.82) is 0 Å². The molecule has 1 heterocycles. The first-order valence-corrected chi connectivity index (χ1v) is 7.85. The van der Waals surface area contributed by atoms with Crippen LogP contribution in [-0.2, 0) is 0 Å². The van der Waals surface area contributed by atoms with E-state index in [1.54, 1.807) is 6.07 Å². The number of nitrogens with one attached hydrogen (secondary N) is 2. The fraction of sp³-hybridized carbons (Fsp3) is 0.118. The Balaban J connectivity index is 1.73. The van der Waals surface area contributed by atoms with Gasteiger partial charge in [0.2, 0.25) is 5.95 Å². The topological polar surface area (TPSA) is 66.0 Å². The van der Waals surface area contributed by atoms with Crippen molar-refractivity contribution in [3.05, 3.63) is 59.5 Å². The normalized spacial score (nSPS) is 10.4. The molecule has 3 rings (SSSR count). The predicted octanol–water partition coefficient (Wildman–Crippen LogP) is 4.22. The summed E-state index contributed by atoms with van der Waals surface area (Å²) in [7, 11) is 3.96. The van der Waals surface area contributed by atoms with E-state index in [2.05, 4.69) is 25.8 Å². The Bertz CT molecular complexity index is 869. The molecule has 0 fully saturated rings. The van der Waals surface area contributed by atoms with Crippen LogP contribution in [0.25, 0.3) is 0 Å². The van der Waals surface area contributed by atoms with Crippen molar-refractivity contribution in [3.8, 4) is 0 Å². The zero-order valence-electron chi connectivity index (χ0n) is 13.7. The summed E-state index contributed by atoms with van der Waals surface area (Å²) < 4.78 is 13.2. The van der Waals surface area contributed by atoms with Crippen LogP contribution < -0.4 is 15.5 Å². The third-order valence-electron chi connectivity index (χ3n) is 3.39. The molecule has 0 saturated heterocycles. The number of anilines is 5. The highest BCUT2D eigenvalue weighted by molar-refractivity contribution is 6.31. The van der Waals surface area contributed by atoms with Crippen molar-refractivity contribution in [3.63, 3.8) is 0 Å². The van der Waals surface area contributed by atoms with Gasteiger partial charge in [0.25, 0.3) is 0 Å². The molecule has 0 aliphatic carbocycles. The van der Waals surface area contributed by atoms with Gasteiger partial charge in [-0.15, -0.1) is 5.10 Å². The lowest BCUT2D eigenvalue weighted by molar-refractivity contribution is 0.628. The SMILES string of the molecule is CN(C)c1ccc(Nc2nncc(Nc3ccc(F)c(Cl)c3)n2)cc1. The maximum Gasteiger partial charge on any atom is 0.249 e. The zero-order valence-corrected chi connectivity index (χ0v) is 14.4. The van der Waals surface area contributed by atoms with Crippen LogP contribution in [0.5, 0.6) is 0 Å². The number of rotatable bonds is 5. The van der Waals surface area contributed by atoms with E-state index in [1.165, 1.54) is 18.3 Å². The van der Waals surface area contributed by atoms with Crippen molar-refractivity contribution < 1.29 is 4.39 Å². The van der Waals surface area contributed by atoms with Gasteiger partial charge in [0, 0.05) is 31.2 Å². The number of hydrogen-bond acceptors (Lipinski definition) is 6. The van der Waals surface area contributed by atoms with Gasteiger partial charge in [-0.2, -0.15) is 10.1 Å². The summed E-state index contributed by atoms with van der Waals surface area (Å²) in [6.07, 6.45) is 1.47. The number of nitrogens with zero attached hydrogens (tertiary/aromatic N) is 4. The molecule has 128 valence electrons. The first kappa shape index (κ1) is 16.9. The summed E-state index contributed by atoms with van der Waals surface area (Å²) >= 11 is 5.77. The van der Waals surface area contributed by atoms with E-state index in [0.29, 0.717) is 17.5 Å². The molecule has 25 heavy (non-hydrogen) atoms. The Hall–Kier alpha value is -2.93. The maximum atomic E-state index is 13.2. The predicted molar refractivity (Wildman–Crippen MR) is 98.6 cm³/mol. The zero-order chi connectivity index (χ0) is 17.8. The van der Waals surface area contributed by atoms with E-state index in [4.69, 9.17) is 11.6 Å². The molecule has 0 spiro atoms. The van der Waals surface area contributed by atoms with E-state index in [-0.39, 0.29) is 5.02 Å². The molecule has 8 heteroatoms. The molecule has 2 N–H and O–H groups in total. The Morgan fingerprint density at radius 3 is 2.40 bits per heavy atom. The van der Waals surface area contributed by atoms with Gasteiger partial charge in [0.15, 0.2) is 5.82 Å². The van der Waals surface area contributed by atoms with Gasteiger partial charge in [-0.1, -0.05) is 11.6 Å². The molecule has 0 unspecified atom stereocenters. The van der Waals surface area contributed by atoms with Crippen LogP contribution in [0.2, 0.25) is 5.02 Å². The van der Waals surface area contributed by atoms with E-state index in [0.717, 1.165) is 11.4 Å². The summed E-state index contributed by atoms with van der Waals surface area (Å²) in [5, 5.41) is 14.0. The Morgan fingerprint density at radius 1 is 1.00 bits per heavy atom. The average Bonchev–Trinajstić information content (AvgIpc) is 2.59. The first-order chi connectivity index (χ1) is 12.0. The molecular formula is C17H16ClFN6. The Morgan fingerprint density at radius 2 is 1.72 bits per heavy atom. The molecule has 6 nitrogen and oxygen atoms in total. The fourth-order valence-corrected chi connectivity index (χ4v) is 2.29. The highest BCUT2D eigenvalue weighted by atomic mass is 35.5. The van der Waals surface area contributed by atoms with Gasteiger partial charge in [0.1, 0.15) is 5.82 Å². The quantitative estimate of drug-likeness (QED) is 0.712. The number of aromatic nitrogens is 3. The third-order valence-corrected chi connectivity index (χ3v) is 3.68. The van der Waals surface area contributed by atoms with Crippen LogP contribution in [0.4, 0.5) is 33.2 Å². The van der Waals surface area contributed by atoms with Crippen molar-refractivity contribution in [2.75, 3.05) is 29.6 Å². The first-order valence-electron chi connectivity index (χ1n) is 7.47. The molecule has 2 aromatic carbocycles. The smallest absolute Gasteiger partial charge is 0.249 e. The van der Waals surface area contributed by atoms with Crippen LogP contribution in [0.15, 0.2) is 48.7 Å². The molecule has 0 bridgehead atoms. The van der Waals surface area contributed by atoms with Crippen LogP contribution in [0.1, 0.15) is 0 Å². The highest BCUT2D eigenvalue weighted by Crippen LogP contribution is 2.22. The third kappa shape index (κ3) is 4.33. The molecular weight excluding hydrogens is 343 g/mol. The lowest BCUT2D eigenvalue weighted by atomic mass is 10.2. The van der Waals surface area contributed by atoms with Crippen molar-refractivity contribution >= 4 is 40.4 Å². The van der Waals surface area contributed by atoms with E-state index in [1.807, 2.05) is 43.3 Å². The molecule has 0 saturated carbocycles. The maximum absolute atomic E-state index is 13.2. The highest BCUT2D eigenvalue weighted by Gasteiger charge is 2.05. The summed E-state index contributed by atoms with van der Waals surface area (Å²) in [5.74, 6) is 0.331. The molecule has 3 aromatic rings. The number of benzene rings is 2. The van der Waals surface area contributed by atoms with Gasteiger partial charge in [0.05, 0.1) is 11.2 Å². The minimum Gasteiger partial charge on any atom is -0.378 e. The van der Waals surface area contributed by atoms with Crippen LogP contribution in [0.3, 0.4) is 0 Å². The van der Waals surface area contributed by atoms with E-state index < -0.39 is 5.82 Å². The summed E-state index contributed by atoms with van der Waals surface area (Å²) in [6.45, 7) is 0. The molecule has 1 aromatic heterocycles. The second-order valence-electron chi connectivity index (χ2n) is 5.49. The van der Waals surface area contributed by atoms with E-state index in [9.17, 15) is 4.39 Å². The lowest BCUT2D eigenvalue weighted by Crippen LogP contribution is -2.08. The summed E-state index contributed by atoms with van der Waals surface area (Å²) in [4.78, 5) is 6.34. The van der Waals surface area contributed by atoms with Gasteiger partial charge in [-0.05, 0) is 42.5 Å². The standard InChI is InChI=1S/C17H16ClFN6/c1-25(2)13-6-3-11(4-7-13)22-17-23-16(10-20-24-17)21-12-5-8-15(19)14(18)9-12/h3-10H,1-2H3,(H2,21,22,23,24). The monoisotopic (exact) mass is 358 g/mol. The molecule has 0 amide bonds. The molecule has 0 aliphatic rings. The van der Waals surface area contributed by atoms with Crippen LogP contribution in [-0.4, -0.2) is 29.3 Å². The average molecular weight is 359 g/mol. The summed E-state index contributed by atoms with van der Waals surface area (Å²) in [5.41, 5.74) is 2.54. The number of hydrogen-bond donors (Lipinski definition) is 2. The Labute approximate surface area is 149 Å². The molecule has 0 atom stereocenters. The molecule has 0 radical (unpaired) electrons. The fourth-order valence-electron chi connectivity index (χ4n) is 2.11. The minimum absolute atomic E-state index is 0.0337. The largest absolute Gasteiger partial charge is 0.378 e. The van der Waals surface area contributed by atoms with Crippen LogP contribution >= 0.6 is 11.6 Å². The van der Waals surface area contributed by atoms with Gasteiger partial charge in [-0.25, -0.2) is 4.39 Å². The lowest BCUT2D eigenvalue weighted by Gasteiger charge is -2.13. The van der Waals surface area contributed by atoms with Gasteiger partial charge in [-0.3, -0.25) is 0 Å². The van der Waals surface area contributed by atoms with Crippen molar-refractivity contribution in [1.82, 2.24) is 15.2 Å². The second kappa shape index (κ2) is 7.31. The van der Waals surface area contributed by atoms with Crippen LogP contribution in [0, 0.1) is 5.82 Å². The molecule has 0 aliphatic heterocycles. The van der Waals surface area contributed by atoms with Crippen molar-refractivity contribution in [2.45, 2.75) is 0 Å². The Kier molecular flexibility index (Phi) is 4.95. The second-order valence-corrected chi connectivity index (χ2v) is 5.89. The number of halogens is 2. The summed E-state index contributed by atoms with van der Waals surface area (Å²) in [6, 6.07) is 12.2. The van der Waals surface area contributed by atoms with Crippen molar-refractivity contribution in [2.24, 2.45) is 0 Å². The van der Waals surface area contributed by atoms with E-state index >= 15 is 0 Å². The van der Waals surface area contributed by atoms with Gasteiger partial charge < -0.3 is 15.5 Å². The van der Waals surface area contributed by atoms with Gasteiger partial charge >= 0.3 is 0 Å². The minimum atomic E-state index is -0.475.